The first-order valence-corrected chi connectivity index (χ1v) is 4.18. The van der Waals surface area contributed by atoms with Crippen LogP contribution in [-0.4, -0.2) is 35.7 Å². The van der Waals surface area contributed by atoms with E-state index >= 15 is 0 Å². The topological polar surface area (TPSA) is 26.3 Å². The highest BCUT2D eigenvalue weighted by atomic mass is 35.5. The Balaban J connectivity index is 5.45. The maximum atomic E-state index is 12.8. The zero-order valence-electron chi connectivity index (χ0n) is 8.05. The second-order valence-corrected chi connectivity index (χ2v) is 3.28. The molecule has 0 amide bonds. The Morgan fingerprint density at radius 3 is 1.53 bits per heavy atom. The predicted octanol–water partition coefficient (Wildman–Crippen LogP) is 3.49. The van der Waals surface area contributed by atoms with Gasteiger partial charge in [-0.15, -0.1) is 0 Å². The molecule has 0 aliphatic heterocycles. The lowest BCUT2D eigenvalue weighted by Crippen LogP contribution is -2.56. The number of hydrogen-bond acceptors (Lipinski definition) is 2. The fourth-order valence-corrected chi connectivity index (χ4v) is 0.785. The highest BCUT2D eigenvalue weighted by Gasteiger charge is 2.71. The van der Waals surface area contributed by atoms with Gasteiger partial charge in [0, 0.05) is 0 Å². The number of halogens is 11. The molecule has 0 aromatic rings. The third-order valence-electron chi connectivity index (χ3n) is 1.48. The molecule has 13 heteroatoms. The molecule has 0 aliphatic rings. The molecule has 0 aromatic carbocycles. The van der Waals surface area contributed by atoms with Crippen molar-refractivity contribution in [1.82, 2.24) is 0 Å². The number of hydrogen-bond donors (Lipinski definition) is 0. The summed E-state index contributed by atoms with van der Waals surface area (Å²) in [5.74, 6) is -5.99. The first-order valence-electron chi connectivity index (χ1n) is 3.80. The molecular formula is C6HClF10O2. The number of rotatable bonds is 4. The van der Waals surface area contributed by atoms with Crippen molar-refractivity contribution in [3.63, 3.8) is 0 Å². The number of ether oxygens (including phenoxy) is 1. The normalized spacial score (nSPS) is 18.9. The molecule has 2 atom stereocenters. The summed E-state index contributed by atoms with van der Waals surface area (Å²) < 4.78 is 122. The van der Waals surface area contributed by atoms with Gasteiger partial charge in [-0.3, -0.25) is 9.53 Å². The van der Waals surface area contributed by atoms with Gasteiger partial charge < -0.3 is 0 Å². The lowest BCUT2D eigenvalue weighted by atomic mass is 10.3. The number of alkyl halides is 10. The van der Waals surface area contributed by atoms with E-state index in [1.807, 2.05) is 4.74 Å². The summed E-state index contributed by atoms with van der Waals surface area (Å²) in [6.07, 6.45) is -24.5. The highest BCUT2D eigenvalue weighted by molar-refractivity contribution is 6.65. The molecule has 0 heterocycles. The summed E-state index contributed by atoms with van der Waals surface area (Å²) in [5, 5.41) is -3.24. The highest BCUT2D eigenvalue weighted by Crippen LogP contribution is 2.44. The Kier molecular flexibility index (Phi) is 4.76. The number of carbonyl (C=O) groups excluding carboxylic acids is 1. The van der Waals surface area contributed by atoms with Gasteiger partial charge in [-0.25, -0.2) is 4.39 Å². The van der Waals surface area contributed by atoms with E-state index in [1.54, 1.807) is 0 Å². The van der Waals surface area contributed by atoms with Crippen molar-refractivity contribution in [3.05, 3.63) is 0 Å². The van der Waals surface area contributed by atoms with Gasteiger partial charge in [0.1, 0.15) is 0 Å². The van der Waals surface area contributed by atoms with Gasteiger partial charge in [0.15, 0.2) is 0 Å². The van der Waals surface area contributed by atoms with Crippen molar-refractivity contribution in [2.24, 2.45) is 0 Å². The zero-order valence-corrected chi connectivity index (χ0v) is 8.81. The van der Waals surface area contributed by atoms with Gasteiger partial charge in [0.05, 0.1) is 0 Å². The lowest BCUT2D eigenvalue weighted by molar-refractivity contribution is -0.421. The lowest BCUT2D eigenvalue weighted by Gasteiger charge is -2.30. The van der Waals surface area contributed by atoms with Crippen LogP contribution in [0.25, 0.3) is 0 Å². The van der Waals surface area contributed by atoms with Crippen LogP contribution >= 0.6 is 11.6 Å². The molecule has 0 aliphatic carbocycles. The molecule has 2 unspecified atom stereocenters. The van der Waals surface area contributed by atoms with Gasteiger partial charge >= 0.3 is 24.3 Å². The molecule has 0 saturated carbocycles. The second-order valence-electron chi connectivity index (χ2n) is 2.93. The Labute approximate surface area is 102 Å². The molecule has 0 saturated heterocycles. The summed E-state index contributed by atoms with van der Waals surface area (Å²) in [6, 6.07) is 0. The van der Waals surface area contributed by atoms with E-state index < -0.39 is 35.7 Å². The summed E-state index contributed by atoms with van der Waals surface area (Å²) in [7, 11) is 0. The minimum Gasteiger partial charge on any atom is -0.274 e. The third-order valence-corrected chi connectivity index (χ3v) is 1.72. The molecule has 0 spiro atoms. The molecular weight excluding hydrogens is 329 g/mol. The smallest absolute Gasteiger partial charge is 0.274 e. The van der Waals surface area contributed by atoms with Crippen LogP contribution < -0.4 is 0 Å². The van der Waals surface area contributed by atoms with E-state index in [4.69, 9.17) is 0 Å². The molecule has 0 aromatic heterocycles. The molecule has 0 bridgehead atoms. The van der Waals surface area contributed by atoms with Crippen LogP contribution in [0.15, 0.2) is 0 Å². The van der Waals surface area contributed by atoms with Gasteiger partial charge in [0.2, 0.25) is 0 Å². The second kappa shape index (κ2) is 4.96. The van der Waals surface area contributed by atoms with Crippen LogP contribution in [0.4, 0.5) is 43.9 Å². The Hall–Kier alpha value is -0.780. The Bertz CT molecular complexity index is 349. The van der Waals surface area contributed by atoms with Gasteiger partial charge in [-0.2, -0.15) is 39.5 Å². The van der Waals surface area contributed by atoms with Crippen LogP contribution in [0.5, 0.6) is 0 Å². The zero-order chi connectivity index (χ0) is 15.9. The van der Waals surface area contributed by atoms with Gasteiger partial charge in [0.25, 0.3) is 11.4 Å². The molecule has 114 valence electrons. The van der Waals surface area contributed by atoms with Crippen LogP contribution in [0.1, 0.15) is 0 Å². The van der Waals surface area contributed by atoms with E-state index in [-0.39, 0.29) is 0 Å². The van der Waals surface area contributed by atoms with Crippen molar-refractivity contribution < 1.29 is 53.4 Å². The minimum atomic E-state index is -6.54. The Morgan fingerprint density at radius 2 is 1.32 bits per heavy atom. The summed E-state index contributed by atoms with van der Waals surface area (Å²) in [4.78, 5) is 10.1. The van der Waals surface area contributed by atoms with E-state index in [1.165, 1.54) is 0 Å². The van der Waals surface area contributed by atoms with Crippen molar-refractivity contribution in [1.29, 1.82) is 0 Å². The van der Waals surface area contributed by atoms with Gasteiger partial charge in [-0.05, 0) is 11.6 Å². The number of carbonyl (C=O) groups is 1. The summed E-state index contributed by atoms with van der Waals surface area (Å²) >= 11 is 4.00. The predicted molar refractivity (Wildman–Crippen MR) is 37.7 cm³/mol. The average molecular weight is 331 g/mol. The van der Waals surface area contributed by atoms with Crippen molar-refractivity contribution >= 4 is 16.8 Å². The van der Waals surface area contributed by atoms with E-state index in [0.717, 1.165) is 0 Å². The largest absolute Gasteiger partial charge is 0.458 e. The molecule has 0 N–H and O–H groups in total. The molecule has 2 nitrogen and oxygen atoms in total. The fourth-order valence-electron chi connectivity index (χ4n) is 0.639. The molecule has 0 radical (unpaired) electrons. The van der Waals surface area contributed by atoms with Crippen LogP contribution in [0.2, 0.25) is 0 Å². The molecule has 19 heavy (non-hydrogen) atoms. The maximum Gasteiger partial charge on any atom is 0.458 e. The fraction of sp³-hybridized carbons (Fsp3) is 0.833. The SMILES string of the molecule is O=C(Cl)C(F)(OC(F)(F)C(F)C(F)(F)F)C(F)(F)F. The quantitative estimate of drug-likeness (QED) is 0.583. The monoisotopic (exact) mass is 330 g/mol. The molecule has 0 rings (SSSR count). The third kappa shape index (κ3) is 3.84. The van der Waals surface area contributed by atoms with E-state index in [9.17, 15) is 48.7 Å². The van der Waals surface area contributed by atoms with Gasteiger partial charge in [-0.1, -0.05) is 0 Å². The van der Waals surface area contributed by atoms with E-state index in [0.29, 0.717) is 0 Å². The first-order chi connectivity index (χ1) is 8.06. The van der Waals surface area contributed by atoms with Crippen molar-refractivity contribution in [3.8, 4) is 0 Å². The first kappa shape index (κ1) is 18.2. The minimum absolute atomic E-state index is 2.04. The van der Waals surface area contributed by atoms with Crippen LogP contribution in [0, 0.1) is 0 Å². The van der Waals surface area contributed by atoms with Crippen LogP contribution in [0.3, 0.4) is 0 Å². The van der Waals surface area contributed by atoms with E-state index in [2.05, 4.69) is 11.6 Å². The average Bonchev–Trinajstić information content (AvgIpc) is 2.12. The van der Waals surface area contributed by atoms with Crippen LogP contribution in [-0.2, 0) is 9.53 Å². The van der Waals surface area contributed by atoms with Crippen molar-refractivity contribution in [2.45, 2.75) is 30.5 Å². The summed E-state index contributed by atoms with van der Waals surface area (Å²) in [5.41, 5.74) is 0. The maximum absolute atomic E-state index is 12.8. The molecule has 0 fully saturated rings. The Morgan fingerprint density at radius 1 is 0.947 bits per heavy atom. The summed E-state index contributed by atoms with van der Waals surface area (Å²) in [6.45, 7) is 0. The standard InChI is InChI=1S/C6HClF10O2/c7-2(18)3(9,6(15,16)17)19-5(13,14)1(8)4(10,11)12/h1H. The van der Waals surface area contributed by atoms with Crippen molar-refractivity contribution in [2.75, 3.05) is 0 Å².